The van der Waals surface area contributed by atoms with Gasteiger partial charge in [0.2, 0.25) is 11.1 Å². The van der Waals surface area contributed by atoms with Gasteiger partial charge in [0.25, 0.3) is 0 Å². The van der Waals surface area contributed by atoms with E-state index in [2.05, 4.69) is 32.8 Å². The topological polar surface area (TPSA) is 87.5 Å². The van der Waals surface area contributed by atoms with E-state index in [1.54, 1.807) is 11.8 Å². The number of thioether (sulfide) groups is 1. The number of nitrogens with zero attached hydrogens (tertiary/aromatic N) is 3. The van der Waals surface area contributed by atoms with E-state index in [1.165, 1.54) is 17.8 Å². The van der Waals surface area contributed by atoms with Crippen molar-refractivity contribution in [1.29, 1.82) is 0 Å². The Bertz CT molecular complexity index is 1360. The van der Waals surface area contributed by atoms with Crippen LogP contribution in [-0.2, 0) is 15.3 Å². The number of hydrogen-bond donors (Lipinski definition) is 1. The summed E-state index contributed by atoms with van der Waals surface area (Å²) in [5, 5.41) is 9.20. The largest absolute Gasteiger partial charge is 0.492 e. The Kier molecular flexibility index (Phi) is 8.83. The Morgan fingerprint density at radius 2 is 2.14 bits per heavy atom. The maximum absolute atomic E-state index is 13.2. The van der Waals surface area contributed by atoms with Gasteiger partial charge in [-0.3, -0.25) is 0 Å². The Morgan fingerprint density at radius 1 is 1.35 bits per heavy atom. The molecule has 2 aromatic carbocycles. The van der Waals surface area contributed by atoms with Crippen LogP contribution >= 0.6 is 39.3 Å². The van der Waals surface area contributed by atoms with Gasteiger partial charge in [0.1, 0.15) is 12.6 Å². The van der Waals surface area contributed by atoms with Gasteiger partial charge in [-0.1, -0.05) is 54.2 Å². The van der Waals surface area contributed by atoms with Gasteiger partial charge >= 0.3 is 5.97 Å². The van der Waals surface area contributed by atoms with Crippen LogP contribution in [0.5, 0.6) is 11.5 Å². The number of rotatable bonds is 10. The zero-order valence-electron chi connectivity index (χ0n) is 20.6. The second-order valence-corrected chi connectivity index (χ2v) is 10.2. The quantitative estimate of drug-likeness (QED) is 0.161. The van der Waals surface area contributed by atoms with Crippen molar-refractivity contribution >= 4 is 51.2 Å². The molecule has 1 atom stereocenters. The molecule has 1 aromatic heterocycles. The average molecular weight is 606 g/mol. The summed E-state index contributed by atoms with van der Waals surface area (Å²) in [5.41, 5.74) is 2.75. The van der Waals surface area contributed by atoms with E-state index in [4.69, 9.17) is 30.9 Å². The van der Waals surface area contributed by atoms with E-state index in [1.807, 2.05) is 50.2 Å². The van der Waals surface area contributed by atoms with Crippen LogP contribution in [0, 0.1) is 0 Å². The normalized spacial score (nSPS) is 14.6. The molecule has 0 aliphatic carbocycles. The lowest BCUT2D eigenvalue weighted by molar-refractivity contribution is -0.138. The molecule has 194 valence electrons. The lowest BCUT2D eigenvalue weighted by atomic mass is 9.95. The lowest BCUT2D eigenvalue weighted by Gasteiger charge is -2.28. The van der Waals surface area contributed by atoms with Gasteiger partial charge in [-0.25, -0.2) is 9.48 Å². The monoisotopic (exact) mass is 604 g/mol. The summed E-state index contributed by atoms with van der Waals surface area (Å²) < 4.78 is 19.2. The molecule has 0 spiro atoms. The molecule has 0 saturated heterocycles. The van der Waals surface area contributed by atoms with E-state index in [0.717, 1.165) is 11.1 Å². The number of benzene rings is 2. The second kappa shape index (κ2) is 12.1. The fraction of sp³-hybridized carbons (Fsp3) is 0.269. The van der Waals surface area contributed by atoms with Gasteiger partial charge in [-0.15, -0.1) is 5.10 Å². The summed E-state index contributed by atoms with van der Waals surface area (Å²) in [6.45, 7) is 7.88. The van der Waals surface area contributed by atoms with E-state index in [9.17, 15) is 4.79 Å². The highest BCUT2D eigenvalue weighted by Gasteiger charge is 2.36. The van der Waals surface area contributed by atoms with Crippen LogP contribution < -0.4 is 14.8 Å². The van der Waals surface area contributed by atoms with E-state index < -0.39 is 12.0 Å². The maximum atomic E-state index is 13.2. The molecule has 3 aromatic rings. The molecule has 1 unspecified atom stereocenters. The predicted octanol–water partition coefficient (Wildman–Crippen LogP) is 6.41. The van der Waals surface area contributed by atoms with Crippen molar-refractivity contribution in [2.45, 2.75) is 30.8 Å². The zero-order valence-corrected chi connectivity index (χ0v) is 23.7. The van der Waals surface area contributed by atoms with Gasteiger partial charge in [0.15, 0.2) is 11.5 Å². The Morgan fingerprint density at radius 3 is 2.84 bits per heavy atom. The summed E-state index contributed by atoms with van der Waals surface area (Å²) >= 11 is 11.4. The van der Waals surface area contributed by atoms with Crippen LogP contribution in [0.25, 0.3) is 0 Å². The van der Waals surface area contributed by atoms with Crippen LogP contribution in [0.3, 0.4) is 0 Å². The highest BCUT2D eigenvalue weighted by atomic mass is 79.9. The molecule has 2 heterocycles. The minimum absolute atomic E-state index is 0.0853. The van der Waals surface area contributed by atoms with Crippen LogP contribution in [-0.4, -0.2) is 41.1 Å². The highest BCUT2D eigenvalue weighted by molar-refractivity contribution is 9.10. The molecule has 4 rings (SSSR count). The number of hydrogen-bond acceptors (Lipinski definition) is 8. The first-order chi connectivity index (χ1) is 17.9. The number of carbonyl (C=O) groups is 1. The van der Waals surface area contributed by atoms with E-state index in [-0.39, 0.29) is 6.61 Å². The molecule has 8 nitrogen and oxygen atoms in total. The highest BCUT2D eigenvalue weighted by Crippen LogP contribution is 2.43. The molecule has 0 radical (unpaired) electrons. The first-order valence-electron chi connectivity index (χ1n) is 11.5. The molecular formula is C26H26BrClN4O4S. The van der Waals surface area contributed by atoms with Crippen molar-refractivity contribution in [3.05, 3.63) is 80.9 Å². The summed E-state index contributed by atoms with van der Waals surface area (Å²) in [4.78, 5) is 17.9. The number of esters is 1. The number of methoxy groups -OCH3 is 1. The van der Waals surface area contributed by atoms with Gasteiger partial charge in [0.05, 0.1) is 23.8 Å². The van der Waals surface area contributed by atoms with Gasteiger partial charge in [-0.2, -0.15) is 4.98 Å². The number of carbonyl (C=O) groups excluding carboxylic acids is 1. The van der Waals surface area contributed by atoms with Crippen molar-refractivity contribution in [1.82, 2.24) is 14.8 Å². The Balaban J connectivity index is 1.78. The fourth-order valence-electron chi connectivity index (χ4n) is 3.94. The second-order valence-electron chi connectivity index (χ2n) is 7.96. The van der Waals surface area contributed by atoms with Crippen LogP contribution in [0.1, 0.15) is 31.0 Å². The number of anilines is 1. The number of nitrogens with one attached hydrogen (secondary N) is 1. The van der Waals surface area contributed by atoms with Gasteiger partial charge in [0, 0.05) is 16.5 Å². The summed E-state index contributed by atoms with van der Waals surface area (Å²) in [6.07, 6.45) is 1.53. The van der Waals surface area contributed by atoms with Crippen LogP contribution in [0.15, 0.2) is 70.0 Å². The standard InChI is InChI=1S/C26H26BrClN4O4S/c1-5-11-36-24(33)21-15(3)29-25-30-26(37-14-16-9-7-8-10-19(16)28)31-32(25)22(21)17-12-18(27)23(34-4)20(13-17)35-6-2/h5,7-10,12-13,22H,1,6,11,14H2,2-4H3,(H,29,30,31). The van der Waals surface area contributed by atoms with Crippen molar-refractivity contribution in [3.8, 4) is 11.5 Å². The Labute approximate surface area is 233 Å². The lowest BCUT2D eigenvalue weighted by Crippen LogP contribution is -2.29. The van der Waals surface area contributed by atoms with Gasteiger partial charge in [-0.05, 0) is 59.1 Å². The number of allylic oxidation sites excluding steroid dienone is 1. The van der Waals surface area contributed by atoms with Crippen molar-refractivity contribution in [2.75, 3.05) is 25.6 Å². The van der Waals surface area contributed by atoms with Crippen LogP contribution in [0.4, 0.5) is 5.95 Å². The molecule has 0 fully saturated rings. The average Bonchev–Trinajstić information content (AvgIpc) is 3.28. The maximum Gasteiger partial charge on any atom is 0.338 e. The van der Waals surface area contributed by atoms with Crippen molar-refractivity contribution in [2.24, 2.45) is 0 Å². The molecule has 1 aliphatic rings. The first kappa shape index (κ1) is 27.1. The number of fused-ring (bicyclic) bond motifs is 1. The summed E-state index contributed by atoms with van der Waals surface area (Å²) in [6, 6.07) is 10.8. The third-order valence-corrected chi connectivity index (χ3v) is 7.40. The van der Waals surface area contributed by atoms with E-state index in [0.29, 0.717) is 55.7 Å². The first-order valence-corrected chi connectivity index (χ1v) is 13.6. The number of halogens is 2. The number of ether oxygens (including phenoxy) is 3. The summed E-state index contributed by atoms with van der Waals surface area (Å²) in [7, 11) is 1.58. The predicted molar refractivity (Wildman–Crippen MR) is 149 cm³/mol. The molecule has 1 aliphatic heterocycles. The van der Waals surface area contributed by atoms with Crippen molar-refractivity contribution in [3.63, 3.8) is 0 Å². The van der Waals surface area contributed by atoms with Gasteiger partial charge < -0.3 is 19.5 Å². The minimum atomic E-state index is -0.628. The molecule has 0 amide bonds. The number of aromatic nitrogens is 3. The molecule has 0 saturated carbocycles. The summed E-state index contributed by atoms with van der Waals surface area (Å²) in [5.74, 6) is 1.72. The SMILES string of the molecule is C=CCOC(=O)C1=C(C)Nc2nc(SCc3ccccc3Cl)nn2C1c1cc(Br)c(OC)c(OCC)c1. The molecule has 37 heavy (non-hydrogen) atoms. The molecular weight excluding hydrogens is 580 g/mol. The third kappa shape index (κ3) is 5.81. The molecule has 11 heteroatoms. The Hall–Kier alpha value is -2.95. The minimum Gasteiger partial charge on any atom is -0.492 e. The molecule has 0 bridgehead atoms. The van der Waals surface area contributed by atoms with Crippen molar-refractivity contribution < 1.29 is 19.0 Å². The molecule has 1 N–H and O–H groups in total. The smallest absolute Gasteiger partial charge is 0.338 e. The van der Waals surface area contributed by atoms with Crippen LogP contribution in [0.2, 0.25) is 5.02 Å². The third-order valence-electron chi connectivity index (χ3n) is 5.55. The zero-order chi connectivity index (χ0) is 26.5. The van der Waals surface area contributed by atoms with E-state index >= 15 is 0 Å². The fourth-order valence-corrected chi connectivity index (χ4v) is 5.68.